The molecule has 0 radical (unpaired) electrons. The molecule has 0 unspecified atom stereocenters. The Hall–Kier alpha value is -12.1. The molecule has 2 saturated heterocycles. The molecule has 0 saturated carbocycles. The maximum Gasteiger partial charge on any atom is 0.245 e. The van der Waals surface area contributed by atoms with Crippen molar-refractivity contribution in [3.8, 4) is 5.75 Å². The number of aliphatic hydroxyl groups is 1. The van der Waals surface area contributed by atoms with Crippen molar-refractivity contribution >= 4 is 99.5 Å². The van der Waals surface area contributed by atoms with Crippen molar-refractivity contribution in [1.29, 1.82) is 5.41 Å². The van der Waals surface area contributed by atoms with Crippen LogP contribution in [0.1, 0.15) is 118 Å². The molecule has 114 heavy (non-hydrogen) atoms. The number of aromatic amines is 2. The number of nitrogens with one attached hydrogen (secondary N) is 14. The van der Waals surface area contributed by atoms with Gasteiger partial charge in [0.1, 0.15) is 60.1 Å². The molecule has 12 amide bonds. The van der Waals surface area contributed by atoms with E-state index in [0.29, 0.717) is 39.9 Å². The van der Waals surface area contributed by atoms with Gasteiger partial charge in [0.15, 0.2) is 5.96 Å². The lowest BCUT2D eigenvalue weighted by Crippen LogP contribution is -2.61. The van der Waals surface area contributed by atoms with Crippen LogP contribution in [0.4, 0.5) is 0 Å². The quantitative estimate of drug-likeness (QED) is 0.0112. The fourth-order valence-electron chi connectivity index (χ4n) is 13.9. The number of primary amides is 1. The molecule has 33 heteroatoms. The Morgan fingerprint density at radius 1 is 0.605 bits per heavy atom. The molecule has 7 aromatic rings. The van der Waals surface area contributed by atoms with Crippen LogP contribution >= 0.6 is 11.8 Å². The number of imidazole rings is 1. The van der Waals surface area contributed by atoms with Crippen molar-refractivity contribution in [2.24, 2.45) is 17.4 Å². The molecular weight excluding hydrogens is 1480 g/mol. The maximum atomic E-state index is 15.3. The van der Waals surface area contributed by atoms with Gasteiger partial charge in [-0.3, -0.25) is 62.9 Å². The van der Waals surface area contributed by atoms with E-state index in [1.54, 1.807) is 56.1 Å². The molecule has 2 aromatic heterocycles. The summed E-state index contributed by atoms with van der Waals surface area (Å²) in [5.41, 5.74) is 15.9. The standard InChI is InChI=1S/C81H102N18O14S/c1-49(2)40-62(73(107)93-61(27-16-37-87-80(83)84)79(113)99-38-17-28-67(99)78(112)89-46-68(82)102)94-71(105)59(26-14-15-36-86-69(103)35-39-114-81(52-18-6-3-7-19-52,53-20-8-4-9-21-53)54-22-10-5-11-23-54)92-74(108)63(41-50-29-31-56(101)32-30-50)95-77(111)66(47-100)98-75(109)64(42-51-44-88-58-25-13-12-24-57(51)58)96-76(110)65(43-55-45-85-48-90-55)97-72(106)60-33-34-70(104)91-60/h3-13,18-25,29-32,44-45,48-49,59-67,88,100-101H,14-17,26-28,33-43,46-47H2,1-2H3,(H2,82,102)(H,85,90)(H,86,103)(H,89,112)(H,91,104)(H,92,108)(H,93,107)(H,94,105)(H,95,111)(H,96,110)(H,97,106)(H,98,109)(H4,83,84,87)/t59-,60+,61+,62+,63+,64+,65+,66+,67+/m1/s1. The summed E-state index contributed by atoms with van der Waals surface area (Å²) < 4.78 is -0.682. The van der Waals surface area contributed by atoms with Crippen LogP contribution in [0, 0.1) is 11.3 Å². The SMILES string of the molecule is CC(C)C[C@H](NC(=O)[C@@H](CCCCNC(=O)CCSC(c1ccccc1)(c1ccccc1)c1ccccc1)NC(=O)[C@H](Cc1ccc(O)cc1)NC(=O)[C@H](CO)NC(=O)[C@H](Cc1c[nH]c2ccccc12)NC(=O)[C@H](Cc1c[nH]cn1)NC(=O)[C@@H]1CCC(=O)N1)C(=O)N[C@@H](CCCNC(=N)N)C(=O)N1CCC[C@H]1C(=O)NCC(N)=O. The fraction of sp³-hybridized carbons (Fsp3) is 0.407. The highest BCUT2D eigenvalue weighted by Gasteiger charge is 2.42. The molecule has 9 atom stereocenters. The van der Waals surface area contributed by atoms with Crippen LogP contribution in [-0.4, -0.2) is 200 Å². The highest BCUT2D eigenvalue weighted by atomic mass is 32.2. The molecule has 2 aliphatic heterocycles. The summed E-state index contributed by atoms with van der Waals surface area (Å²) in [5.74, 6) is -9.27. The number of likely N-dealkylation sites (tertiary alicyclic amines) is 1. The van der Waals surface area contributed by atoms with Gasteiger partial charge in [-0.1, -0.05) is 135 Å². The van der Waals surface area contributed by atoms with Crippen LogP contribution in [0.15, 0.2) is 158 Å². The highest BCUT2D eigenvalue weighted by Crippen LogP contribution is 2.48. The van der Waals surface area contributed by atoms with Crippen LogP contribution in [0.2, 0.25) is 0 Å². The van der Waals surface area contributed by atoms with Gasteiger partial charge in [-0.05, 0) is 110 Å². The van der Waals surface area contributed by atoms with Crippen molar-refractivity contribution in [3.63, 3.8) is 0 Å². The summed E-state index contributed by atoms with van der Waals surface area (Å²) >= 11 is 1.62. The highest BCUT2D eigenvalue weighted by molar-refractivity contribution is 8.00. The number of para-hydroxylation sites is 1. The van der Waals surface area contributed by atoms with Gasteiger partial charge in [0, 0.05) is 80.8 Å². The average molecular weight is 1580 g/mol. The number of unbranched alkanes of at least 4 members (excludes halogenated alkanes) is 1. The number of nitrogens with two attached hydrogens (primary N) is 2. The third-order valence-corrected chi connectivity index (χ3v) is 21.3. The van der Waals surface area contributed by atoms with Crippen LogP contribution in [0.25, 0.3) is 10.9 Å². The Morgan fingerprint density at radius 2 is 1.16 bits per heavy atom. The van der Waals surface area contributed by atoms with Crippen LogP contribution < -0.4 is 70.0 Å². The number of aromatic nitrogens is 3. The van der Waals surface area contributed by atoms with Gasteiger partial charge in [0.05, 0.1) is 29.9 Å². The lowest BCUT2D eigenvalue weighted by molar-refractivity contribution is -0.142. The predicted molar refractivity (Wildman–Crippen MR) is 427 cm³/mol. The smallest absolute Gasteiger partial charge is 0.245 e. The van der Waals surface area contributed by atoms with Crippen LogP contribution in [0.3, 0.4) is 0 Å². The first-order chi connectivity index (χ1) is 54.9. The van der Waals surface area contributed by atoms with E-state index in [2.05, 4.69) is 110 Å². The van der Waals surface area contributed by atoms with Crippen molar-refractivity contribution in [2.75, 3.05) is 38.5 Å². The van der Waals surface area contributed by atoms with Gasteiger partial charge < -0.3 is 95.0 Å². The number of carbonyl (C=O) groups is 12. The number of hydrogen-bond acceptors (Lipinski definition) is 17. The topological polar surface area (TPSA) is 501 Å². The number of phenols is 1. The van der Waals surface area contributed by atoms with Crippen LogP contribution in [0.5, 0.6) is 5.75 Å². The average Bonchev–Trinajstić information content (AvgIpc) is 1.15. The maximum absolute atomic E-state index is 15.3. The Kier molecular flexibility index (Phi) is 32.0. The second-order valence-corrected chi connectivity index (χ2v) is 30.0. The molecule has 2 fully saturated rings. The van der Waals surface area contributed by atoms with Crippen molar-refractivity contribution in [1.82, 2.24) is 78.3 Å². The van der Waals surface area contributed by atoms with E-state index in [4.69, 9.17) is 16.9 Å². The van der Waals surface area contributed by atoms with E-state index >= 15 is 9.59 Å². The lowest BCUT2D eigenvalue weighted by atomic mass is 9.84. The molecule has 4 heterocycles. The van der Waals surface area contributed by atoms with Gasteiger partial charge >= 0.3 is 0 Å². The third-order valence-electron chi connectivity index (χ3n) is 19.7. The van der Waals surface area contributed by atoms with Gasteiger partial charge in [-0.2, -0.15) is 0 Å². The second-order valence-electron chi connectivity index (χ2n) is 28.7. The largest absolute Gasteiger partial charge is 0.508 e. The molecule has 5 aromatic carbocycles. The molecule has 32 nitrogen and oxygen atoms in total. The molecule has 606 valence electrons. The minimum Gasteiger partial charge on any atom is -0.508 e. The number of H-pyrrole nitrogens is 2. The van der Waals surface area contributed by atoms with E-state index in [9.17, 15) is 58.2 Å². The number of fused-ring (bicyclic) bond motifs is 1. The zero-order chi connectivity index (χ0) is 81.7. The van der Waals surface area contributed by atoms with Crippen LogP contribution in [-0.2, 0) is 81.5 Å². The predicted octanol–water partition coefficient (Wildman–Crippen LogP) is 1.59. The van der Waals surface area contributed by atoms with E-state index in [1.807, 2.05) is 54.6 Å². The Balaban J connectivity index is 0.958. The third kappa shape index (κ3) is 24.7. The Labute approximate surface area is 664 Å². The summed E-state index contributed by atoms with van der Waals surface area (Å²) in [6.45, 7) is 2.42. The van der Waals surface area contributed by atoms with Crippen molar-refractivity contribution in [2.45, 2.75) is 163 Å². The lowest BCUT2D eigenvalue weighted by Gasteiger charge is -2.35. The first-order valence-electron chi connectivity index (χ1n) is 38.2. The first kappa shape index (κ1) is 85.9. The monoisotopic (exact) mass is 1580 g/mol. The zero-order valence-electron chi connectivity index (χ0n) is 63.7. The zero-order valence-corrected chi connectivity index (χ0v) is 64.5. The molecule has 9 rings (SSSR count). The first-order valence-corrected chi connectivity index (χ1v) is 39.2. The Bertz CT molecular complexity index is 4340. The molecule has 0 spiro atoms. The van der Waals surface area contributed by atoms with Gasteiger partial charge in [-0.15, -0.1) is 11.8 Å². The summed E-state index contributed by atoms with van der Waals surface area (Å²) in [4.78, 5) is 180. The van der Waals surface area contributed by atoms with Crippen molar-refractivity contribution < 1.29 is 67.7 Å². The summed E-state index contributed by atoms with van der Waals surface area (Å²) in [5, 5.41) is 59.5. The number of benzene rings is 5. The minimum absolute atomic E-state index is 0.00989. The number of thioether (sulfide) groups is 1. The van der Waals surface area contributed by atoms with Gasteiger partial charge in [0.25, 0.3) is 0 Å². The number of aromatic hydroxyl groups is 1. The number of amides is 12. The number of aliphatic hydroxyl groups excluding tert-OH is 1. The normalized spacial score (nSPS) is 15.8. The summed E-state index contributed by atoms with van der Waals surface area (Å²) in [6, 6.07) is 30.5. The summed E-state index contributed by atoms with van der Waals surface area (Å²) in [6.07, 6.45) is 5.33. The number of rotatable bonds is 43. The van der Waals surface area contributed by atoms with Gasteiger partial charge in [0.2, 0.25) is 70.9 Å². The molecule has 2 aliphatic rings. The van der Waals surface area contributed by atoms with E-state index in [1.165, 1.54) is 41.7 Å². The van der Waals surface area contributed by atoms with E-state index < -0.39 is 131 Å². The Morgan fingerprint density at radius 3 is 1.75 bits per heavy atom. The number of carbonyl (C=O) groups excluding carboxylic acids is 12. The minimum atomic E-state index is -1.83. The van der Waals surface area contributed by atoms with Crippen molar-refractivity contribution in [3.05, 3.63) is 192 Å². The molecule has 20 N–H and O–H groups in total. The van der Waals surface area contributed by atoms with Gasteiger partial charge in [-0.25, -0.2) is 4.98 Å². The second kappa shape index (κ2) is 42.5. The number of phenolic OH excluding ortho intramolecular Hbond substituents is 1. The number of guanidine groups is 1. The fourth-order valence-corrected chi connectivity index (χ4v) is 15.4. The van der Waals surface area contributed by atoms with E-state index in [-0.39, 0.29) is 133 Å². The molecule has 0 bridgehead atoms. The number of hydrogen-bond donors (Lipinski definition) is 18. The van der Waals surface area contributed by atoms with E-state index in [0.717, 1.165) is 16.7 Å². The molecule has 0 aliphatic carbocycles. The molecular formula is C81H102N18O14S. The summed E-state index contributed by atoms with van der Waals surface area (Å²) in [7, 11) is 0. The number of nitrogens with zero attached hydrogens (tertiary/aromatic N) is 2.